The predicted molar refractivity (Wildman–Crippen MR) is 59.4 cm³/mol. The van der Waals surface area contributed by atoms with Gasteiger partial charge in [0.25, 0.3) is 0 Å². The summed E-state index contributed by atoms with van der Waals surface area (Å²) in [6.07, 6.45) is 7.01. The minimum atomic E-state index is 0.770. The van der Waals surface area contributed by atoms with Crippen molar-refractivity contribution in [3.8, 4) is 0 Å². The predicted octanol–water partition coefficient (Wildman–Crippen LogP) is 2.35. The van der Waals surface area contributed by atoms with Crippen LogP contribution >= 0.6 is 11.8 Å². The molecule has 0 radical (unpaired) electrons. The fourth-order valence-corrected chi connectivity index (χ4v) is 3.84. The zero-order valence-electron chi connectivity index (χ0n) is 8.49. The number of thioether (sulfide) groups is 1. The van der Waals surface area contributed by atoms with E-state index in [0.717, 1.165) is 11.3 Å². The molecule has 13 heavy (non-hydrogen) atoms. The summed E-state index contributed by atoms with van der Waals surface area (Å²) in [5, 5.41) is 2.07. The first kappa shape index (κ1) is 9.38. The van der Waals surface area contributed by atoms with Crippen molar-refractivity contribution in [2.24, 2.45) is 4.99 Å². The van der Waals surface area contributed by atoms with Gasteiger partial charge in [0, 0.05) is 25.4 Å². The third kappa shape index (κ3) is 1.71. The Kier molecular flexibility index (Phi) is 2.82. The summed E-state index contributed by atoms with van der Waals surface area (Å²) in [7, 11) is 4.11. The van der Waals surface area contributed by atoms with Crippen LogP contribution in [0.3, 0.4) is 0 Å². The van der Waals surface area contributed by atoms with Gasteiger partial charge >= 0.3 is 0 Å². The van der Waals surface area contributed by atoms with E-state index in [9.17, 15) is 0 Å². The van der Waals surface area contributed by atoms with E-state index in [1.54, 1.807) is 0 Å². The standard InChI is InChI=1S/C10H18N2S/c1-11-10-12(2)8-6-4-3-5-7-9(8)13-10/h8-9H,3-7H2,1-2H3/b11-10-. The van der Waals surface area contributed by atoms with Gasteiger partial charge in [-0.15, -0.1) is 0 Å². The highest BCUT2D eigenvalue weighted by Gasteiger charge is 2.36. The molecule has 1 saturated carbocycles. The van der Waals surface area contributed by atoms with Crippen molar-refractivity contribution >= 4 is 16.9 Å². The Morgan fingerprint density at radius 3 is 2.85 bits per heavy atom. The number of rotatable bonds is 0. The van der Waals surface area contributed by atoms with Gasteiger partial charge in [0.1, 0.15) is 0 Å². The number of aliphatic imine (C=N–C) groups is 1. The molecule has 2 rings (SSSR count). The van der Waals surface area contributed by atoms with E-state index in [1.807, 2.05) is 18.8 Å². The molecule has 3 heteroatoms. The van der Waals surface area contributed by atoms with Gasteiger partial charge in [-0.05, 0) is 12.8 Å². The Hall–Kier alpha value is -0.180. The number of hydrogen-bond acceptors (Lipinski definition) is 2. The molecule has 74 valence electrons. The zero-order chi connectivity index (χ0) is 9.26. The lowest BCUT2D eigenvalue weighted by Crippen LogP contribution is -2.32. The summed E-state index contributed by atoms with van der Waals surface area (Å²) in [6.45, 7) is 0. The molecular weight excluding hydrogens is 180 g/mol. The molecule has 0 aromatic rings. The van der Waals surface area contributed by atoms with Crippen LogP contribution in [0.2, 0.25) is 0 Å². The maximum atomic E-state index is 4.33. The van der Waals surface area contributed by atoms with E-state index in [0.29, 0.717) is 0 Å². The molecule has 1 aliphatic heterocycles. The van der Waals surface area contributed by atoms with E-state index in [-0.39, 0.29) is 0 Å². The largest absolute Gasteiger partial charge is 0.350 e. The summed E-state index contributed by atoms with van der Waals surface area (Å²) < 4.78 is 0. The Bertz CT molecular complexity index is 215. The fraction of sp³-hybridized carbons (Fsp3) is 0.900. The van der Waals surface area contributed by atoms with Crippen molar-refractivity contribution in [2.45, 2.75) is 43.4 Å². The monoisotopic (exact) mass is 198 g/mol. The lowest BCUT2D eigenvalue weighted by molar-refractivity contribution is 0.356. The minimum absolute atomic E-state index is 0.770. The van der Waals surface area contributed by atoms with Crippen molar-refractivity contribution < 1.29 is 0 Å². The average Bonchev–Trinajstić information content (AvgIpc) is 2.37. The molecule has 1 heterocycles. The van der Waals surface area contributed by atoms with Crippen LogP contribution in [0.5, 0.6) is 0 Å². The summed E-state index contributed by atoms with van der Waals surface area (Å²) >= 11 is 1.99. The minimum Gasteiger partial charge on any atom is -0.350 e. The second-order valence-corrected chi connectivity index (χ2v) is 5.19. The first-order chi connectivity index (χ1) is 6.33. The van der Waals surface area contributed by atoms with Crippen LogP contribution < -0.4 is 0 Å². The van der Waals surface area contributed by atoms with E-state index in [2.05, 4.69) is 16.9 Å². The third-order valence-electron chi connectivity index (χ3n) is 3.16. The molecule has 0 aromatic carbocycles. The fourth-order valence-electron chi connectivity index (χ4n) is 2.41. The lowest BCUT2D eigenvalue weighted by atomic mass is 10.1. The zero-order valence-corrected chi connectivity index (χ0v) is 9.31. The first-order valence-corrected chi connectivity index (χ1v) is 6.07. The molecule has 0 aromatic heterocycles. The van der Waals surface area contributed by atoms with Crippen LogP contribution in [0.1, 0.15) is 32.1 Å². The van der Waals surface area contributed by atoms with Gasteiger partial charge in [0.05, 0.1) is 0 Å². The highest BCUT2D eigenvalue weighted by atomic mass is 32.2. The van der Waals surface area contributed by atoms with Crippen molar-refractivity contribution in [3.05, 3.63) is 0 Å². The van der Waals surface area contributed by atoms with Gasteiger partial charge in [0.15, 0.2) is 5.17 Å². The molecule has 0 bridgehead atoms. The summed E-state index contributed by atoms with van der Waals surface area (Å²) in [6, 6.07) is 0.770. The molecule has 0 amide bonds. The number of fused-ring (bicyclic) bond motifs is 1. The van der Waals surface area contributed by atoms with E-state index in [4.69, 9.17) is 0 Å². The Morgan fingerprint density at radius 1 is 1.31 bits per heavy atom. The van der Waals surface area contributed by atoms with Gasteiger partial charge in [0.2, 0.25) is 0 Å². The number of amidine groups is 1. The molecule has 0 spiro atoms. The molecule has 0 N–H and O–H groups in total. The van der Waals surface area contributed by atoms with Crippen molar-refractivity contribution in [2.75, 3.05) is 14.1 Å². The van der Waals surface area contributed by atoms with Crippen LogP contribution in [0, 0.1) is 0 Å². The van der Waals surface area contributed by atoms with Crippen LogP contribution in [0.25, 0.3) is 0 Å². The van der Waals surface area contributed by atoms with Crippen LogP contribution in [-0.4, -0.2) is 35.5 Å². The van der Waals surface area contributed by atoms with Gasteiger partial charge in [-0.3, -0.25) is 4.99 Å². The molecule has 1 saturated heterocycles. The molecule has 2 nitrogen and oxygen atoms in total. The molecule has 1 aliphatic carbocycles. The van der Waals surface area contributed by atoms with Crippen LogP contribution in [0.4, 0.5) is 0 Å². The van der Waals surface area contributed by atoms with Gasteiger partial charge in [-0.2, -0.15) is 0 Å². The molecule has 2 aliphatic rings. The van der Waals surface area contributed by atoms with Gasteiger partial charge in [-0.25, -0.2) is 0 Å². The Labute approximate surface area is 84.8 Å². The van der Waals surface area contributed by atoms with E-state index < -0.39 is 0 Å². The average molecular weight is 198 g/mol. The van der Waals surface area contributed by atoms with Gasteiger partial charge in [-0.1, -0.05) is 31.0 Å². The Balaban J connectivity index is 2.11. The highest BCUT2D eigenvalue weighted by Crippen LogP contribution is 2.38. The number of nitrogens with zero attached hydrogens (tertiary/aromatic N) is 2. The summed E-state index contributed by atoms with van der Waals surface area (Å²) in [5.41, 5.74) is 0. The molecule has 2 atom stereocenters. The maximum absolute atomic E-state index is 4.33. The summed E-state index contributed by atoms with van der Waals surface area (Å²) in [4.78, 5) is 6.72. The molecule has 2 unspecified atom stereocenters. The van der Waals surface area contributed by atoms with Crippen molar-refractivity contribution in [1.82, 2.24) is 4.90 Å². The lowest BCUT2D eigenvalue weighted by Gasteiger charge is -2.22. The van der Waals surface area contributed by atoms with Crippen molar-refractivity contribution in [1.29, 1.82) is 0 Å². The second-order valence-electron chi connectivity index (χ2n) is 3.98. The van der Waals surface area contributed by atoms with Crippen LogP contribution in [0.15, 0.2) is 4.99 Å². The van der Waals surface area contributed by atoms with Crippen LogP contribution in [-0.2, 0) is 0 Å². The second kappa shape index (κ2) is 3.91. The normalized spacial score (nSPS) is 37.7. The highest BCUT2D eigenvalue weighted by molar-refractivity contribution is 8.14. The van der Waals surface area contributed by atoms with E-state index >= 15 is 0 Å². The third-order valence-corrected chi connectivity index (χ3v) is 4.70. The van der Waals surface area contributed by atoms with Gasteiger partial charge < -0.3 is 4.90 Å². The van der Waals surface area contributed by atoms with Crippen molar-refractivity contribution in [3.63, 3.8) is 0 Å². The maximum Gasteiger partial charge on any atom is 0.159 e. The smallest absolute Gasteiger partial charge is 0.159 e. The molecular formula is C10H18N2S. The van der Waals surface area contributed by atoms with E-state index in [1.165, 1.54) is 37.3 Å². The quantitative estimate of drug-likeness (QED) is 0.594. The number of hydrogen-bond donors (Lipinski definition) is 0. The Morgan fingerprint density at radius 2 is 2.08 bits per heavy atom. The first-order valence-electron chi connectivity index (χ1n) is 5.19. The molecule has 2 fully saturated rings. The SMILES string of the molecule is C/N=C1\SC2CCCCCC2N1C. The summed E-state index contributed by atoms with van der Waals surface area (Å²) in [5.74, 6) is 0. The topological polar surface area (TPSA) is 15.6 Å².